The number of non-ortho nitro benzene ring substituents is 1. The minimum Gasteiger partial charge on any atom is -0.340 e. The first-order valence-electron chi connectivity index (χ1n) is 10.7. The van der Waals surface area contributed by atoms with E-state index in [1.807, 2.05) is 42.3 Å². The van der Waals surface area contributed by atoms with Crippen LogP contribution in [0.4, 0.5) is 11.4 Å². The molecule has 0 radical (unpaired) electrons. The van der Waals surface area contributed by atoms with Crippen molar-refractivity contribution in [1.82, 2.24) is 10.2 Å². The number of nitrogens with zero attached hydrogens (tertiary/aromatic N) is 2. The van der Waals surface area contributed by atoms with Crippen molar-refractivity contribution < 1.29 is 14.5 Å². The fraction of sp³-hybridized carbons (Fsp3) is 0.391. The van der Waals surface area contributed by atoms with Crippen LogP contribution >= 0.6 is 23.5 Å². The molecule has 1 unspecified atom stereocenters. The van der Waals surface area contributed by atoms with Crippen LogP contribution in [-0.4, -0.2) is 64.3 Å². The monoisotopic (exact) mass is 488 g/mol. The molecule has 2 aromatic rings. The molecule has 176 valence electrons. The van der Waals surface area contributed by atoms with Crippen LogP contribution in [0.3, 0.4) is 0 Å². The lowest BCUT2D eigenvalue weighted by Gasteiger charge is -2.26. The van der Waals surface area contributed by atoms with Gasteiger partial charge in [0.15, 0.2) is 0 Å². The molecule has 0 aliphatic carbocycles. The van der Waals surface area contributed by atoms with Crippen molar-refractivity contribution in [3.8, 4) is 0 Å². The van der Waals surface area contributed by atoms with Crippen molar-refractivity contribution in [1.29, 1.82) is 0 Å². The number of carbonyl (C=O) groups is 2. The second kappa shape index (κ2) is 12.6. The van der Waals surface area contributed by atoms with E-state index < -0.39 is 16.9 Å². The van der Waals surface area contributed by atoms with Crippen LogP contribution in [0.1, 0.15) is 22.3 Å². The highest BCUT2D eigenvalue weighted by molar-refractivity contribution is 7.99. The Hall–Kier alpha value is -2.56. The first kappa shape index (κ1) is 25.1. The molecular weight excluding hydrogens is 460 g/mol. The summed E-state index contributed by atoms with van der Waals surface area (Å²) in [5, 5.41) is 16.7. The van der Waals surface area contributed by atoms with E-state index >= 15 is 0 Å². The Labute approximate surface area is 202 Å². The van der Waals surface area contributed by atoms with E-state index in [1.54, 1.807) is 11.8 Å². The average Bonchev–Trinajstić information content (AvgIpc) is 2.82. The van der Waals surface area contributed by atoms with Gasteiger partial charge in [-0.3, -0.25) is 24.6 Å². The fourth-order valence-electron chi connectivity index (χ4n) is 3.50. The minimum absolute atomic E-state index is 0.146. The van der Waals surface area contributed by atoms with Crippen LogP contribution in [0, 0.1) is 10.1 Å². The molecule has 0 spiro atoms. The Balaban J connectivity index is 1.66. The molecule has 10 heteroatoms. The molecule has 1 fully saturated rings. The number of amides is 2. The van der Waals surface area contributed by atoms with Crippen LogP contribution in [0.15, 0.2) is 48.5 Å². The van der Waals surface area contributed by atoms with Gasteiger partial charge in [0.05, 0.1) is 4.92 Å². The van der Waals surface area contributed by atoms with Crippen molar-refractivity contribution in [2.45, 2.75) is 19.0 Å². The smallest absolute Gasteiger partial charge is 0.270 e. The number of nitrogens with one attached hydrogen (secondary N) is 2. The first-order chi connectivity index (χ1) is 16.0. The van der Waals surface area contributed by atoms with Crippen LogP contribution in [0.5, 0.6) is 0 Å². The third-order valence-corrected chi connectivity index (χ3v) is 6.84. The summed E-state index contributed by atoms with van der Waals surface area (Å²) in [4.78, 5) is 38.6. The third-order valence-electron chi connectivity index (χ3n) is 5.26. The van der Waals surface area contributed by atoms with Gasteiger partial charge in [0.2, 0.25) is 5.91 Å². The zero-order valence-electron chi connectivity index (χ0n) is 18.5. The molecule has 0 bridgehead atoms. The van der Waals surface area contributed by atoms with Crippen molar-refractivity contribution in [2.24, 2.45) is 0 Å². The number of rotatable bonds is 10. The number of carbonyl (C=O) groups excluding carboxylic acids is 2. The summed E-state index contributed by atoms with van der Waals surface area (Å²) in [5.74, 6) is 2.13. The summed E-state index contributed by atoms with van der Waals surface area (Å²) >= 11 is 3.54. The largest absolute Gasteiger partial charge is 0.340 e. The number of nitro groups is 1. The van der Waals surface area contributed by atoms with Gasteiger partial charge in [-0.25, -0.2) is 0 Å². The molecule has 1 aliphatic heterocycles. The summed E-state index contributed by atoms with van der Waals surface area (Å²) in [6.45, 7) is 2.95. The van der Waals surface area contributed by atoms with E-state index in [9.17, 15) is 19.7 Å². The molecule has 2 aromatic carbocycles. The molecule has 0 saturated carbocycles. The molecule has 0 aromatic heterocycles. The number of thioether (sulfide) groups is 2. The molecule has 1 saturated heterocycles. The number of nitro benzene ring substituents is 1. The summed E-state index contributed by atoms with van der Waals surface area (Å²) in [6, 6.07) is 12.5. The van der Waals surface area contributed by atoms with Crippen LogP contribution in [0.2, 0.25) is 0 Å². The van der Waals surface area contributed by atoms with Crippen molar-refractivity contribution in [3.05, 3.63) is 69.8 Å². The van der Waals surface area contributed by atoms with Crippen molar-refractivity contribution in [2.75, 3.05) is 41.9 Å². The fourth-order valence-corrected chi connectivity index (χ4v) is 4.95. The van der Waals surface area contributed by atoms with E-state index in [0.29, 0.717) is 17.9 Å². The summed E-state index contributed by atoms with van der Waals surface area (Å²) < 4.78 is 0. The predicted molar refractivity (Wildman–Crippen MR) is 135 cm³/mol. The molecule has 8 nitrogen and oxygen atoms in total. The Morgan fingerprint density at radius 3 is 2.67 bits per heavy atom. The zero-order valence-corrected chi connectivity index (χ0v) is 20.1. The van der Waals surface area contributed by atoms with E-state index in [1.165, 1.54) is 24.3 Å². The minimum atomic E-state index is -0.757. The Kier molecular flexibility index (Phi) is 9.59. The predicted octanol–water partition coefficient (Wildman–Crippen LogP) is 3.63. The Morgan fingerprint density at radius 1 is 1.18 bits per heavy atom. The lowest BCUT2D eigenvalue weighted by molar-refractivity contribution is -0.384. The van der Waals surface area contributed by atoms with Gasteiger partial charge in [-0.05, 0) is 42.2 Å². The maximum Gasteiger partial charge on any atom is 0.270 e. The van der Waals surface area contributed by atoms with Gasteiger partial charge in [0.1, 0.15) is 6.04 Å². The number of hydrogen-bond acceptors (Lipinski definition) is 7. The Bertz CT molecular complexity index is 982. The normalized spacial score (nSPS) is 14.9. The molecule has 33 heavy (non-hydrogen) atoms. The molecular formula is C23H28N4O4S2. The van der Waals surface area contributed by atoms with Gasteiger partial charge >= 0.3 is 0 Å². The number of benzene rings is 2. The van der Waals surface area contributed by atoms with Gasteiger partial charge in [0, 0.05) is 54.5 Å². The van der Waals surface area contributed by atoms with E-state index in [4.69, 9.17) is 0 Å². The molecule has 1 atom stereocenters. The maximum atomic E-state index is 13.0. The van der Waals surface area contributed by atoms with Crippen molar-refractivity contribution in [3.63, 3.8) is 0 Å². The third kappa shape index (κ3) is 7.76. The Morgan fingerprint density at radius 2 is 1.94 bits per heavy atom. The quantitative estimate of drug-likeness (QED) is 0.389. The highest BCUT2D eigenvalue weighted by atomic mass is 32.2. The summed E-state index contributed by atoms with van der Waals surface area (Å²) in [5.41, 5.74) is 1.79. The molecule has 1 aliphatic rings. The van der Waals surface area contributed by atoms with Gasteiger partial charge in [-0.1, -0.05) is 18.2 Å². The number of hydrogen-bond donors (Lipinski definition) is 2. The summed E-state index contributed by atoms with van der Waals surface area (Å²) in [7, 11) is 0. The van der Waals surface area contributed by atoms with Gasteiger partial charge < -0.3 is 10.6 Å². The first-order valence-corrected chi connectivity index (χ1v) is 13.3. The number of anilines is 1. The van der Waals surface area contributed by atoms with Gasteiger partial charge in [-0.15, -0.1) is 0 Å². The molecule has 2 amide bonds. The van der Waals surface area contributed by atoms with E-state index in [2.05, 4.69) is 15.5 Å². The topological polar surface area (TPSA) is 105 Å². The van der Waals surface area contributed by atoms with Gasteiger partial charge in [-0.2, -0.15) is 23.5 Å². The SMILES string of the molecule is CSCCC(NC(=O)c1cccc([N+](=O)[O-])c1)C(=O)Nc1cccc(CN2CCSCC2)c1. The maximum absolute atomic E-state index is 13.0. The van der Waals surface area contributed by atoms with Crippen LogP contribution in [0.25, 0.3) is 0 Å². The van der Waals surface area contributed by atoms with E-state index in [-0.39, 0.29) is 17.2 Å². The second-order valence-electron chi connectivity index (χ2n) is 7.69. The molecule has 3 rings (SSSR count). The molecule has 1 heterocycles. The van der Waals surface area contributed by atoms with Crippen LogP contribution in [-0.2, 0) is 11.3 Å². The van der Waals surface area contributed by atoms with Gasteiger partial charge in [0.25, 0.3) is 11.6 Å². The highest BCUT2D eigenvalue weighted by Gasteiger charge is 2.22. The second-order valence-corrected chi connectivity index (χ2v) is 9.90. The lowest BCUT2D eigenvalue weighted by Crippen LogP contribution is -2.44. The van der Waals surface area contributed by atoms with E-state index in [0.717, 1.165) is 36.7 Å². The standard InChI is InChI=1S/C23H28N4O4S2/c1-32-11-8-21(25-22(28)18-5-3-7-20(15-18)27(30)31)23(29)24-19-6-2-4-17(14-19)16-26-9-12-33-13-10-26/h2-7,14-15,21H,8-13,16H2,1H3,(H,24,29)(H,25,28). The lowest BCUT2D eigenvalue weighted by atomic mass is 10.1. The molecule has 2 N–H and O–H groups in total. The van der Waals surface area contributed by atoms with Crippen LogP contribution < -0.4 is 10.6 Å². The summed E-state index contributed by atoms with van der Waals surface area (Å²) in [6.07, 6.45) is 2.37. The van der Waals surface area contributed by atoms with Crippen molar-refractivity contribution >= 4 is 46.7 Å². The average molecular weight is 489 g/mol. The highest BCUT2D eigenvalue weighted by Crippen LogP contribution is 2.17. The zero-order chi connectivity index (χ0) is 23.6.